The van der Waals surface area contributed by atoms with Crippen molar-refractivity contribution in [3.63, 3.8) is 0 Å². The SMILES string of the molecule is COCc1ccc(C(C)OC)cc1. The molecule has 13 heavy (non-hydrogen) atoms. The Balaban J connectivity index is 2.69. The minimum Gasteiger partial charge on any atom is -0.380 e. The Morgan fingerprint density at radius 1 is 1.15 bits per heavy atom. The van der Waals surface area contributed by atoms with E-state index in [-0.39, 0.29) is 6.10 Å². The summed E-state index contributed by atoms with van der Waals surface area (Å²) in [5.41, 5.74) is 2.39. The Morgan fingerprint density at radius 3 is 2.23 bits per heavy atom. The van der Waals surface area contributed by atoms with E-state index in [0.29, 0.717) is 6.61 Å². The molecule has 0 aliphatic carbocycles. The zero-order valence-electron chi connectivity index (χ0n) is 8.41. The summed E-state index contributed by atoms with van der Waals surface area (Å²) in [4.78, 5) is 0. The summed E-state index contributed by atoms with van der Waals surface area (Å²) in [6, 6.07) is 8.27. The van der Waals surface area contributed by atoms with Crippen LogP contribution < -0.4 is 0 Å². The first kappa shape index (κ1) is 10.2. The molecule has 0 aliphatic rings. The summed E-state index contributed by atoms with van der Waals surface area (Å²) in [7, 11) is 3.42. The van der Waals surface area contributed by atoms with Gasteiger partial charge < -0.3 is 9.47 Å². The first-order valence-electron chi connectivity index (χ1n) is 4.38. The predicted molar refractivity (Wildman–Crippen MR) is 52.6 cm³/mol. The third-order valence-corrected chi connectivity index (χ3v) is 2.11. The van der Waals surface area contributed by atoms with Gasteiger partial charge in [0.25, 0.3) is 0 Å². The van der Waals surface area contributed by atoms with Crippen LogP contribution in [0.15, 0.2) is 24.3 Å². The van der Waals surface area contributed by atoms with Crippen molar-refractivity contribution in [1.29, 1.82) is 0 Å². The van der Waals surface area contributed by atoms with Crippen LogP contribution in [-0.2, 0) is 16.1 Å². The average molecular weight is 180 g/mol. The fourth-order valence-electron chi connectivity index (χ4n) is 1.19. The Bertz CT molecular complexity index is 241. The van der Waals surface area contributed by atoms with E-state index in [2.05, 4.69) is 24.3 Å². The van der Waals surface area contributed by atoms with Crippen molar-refractivity contribution in [2.24, 2.45) is 0 Å². The van der Waals surface area contributed by atoms with Crippen LogP contribution >= 0.6 is 0 Å². The maximum absolute atomic E-state index is 5.20. The number of rotatable bonds is 4. The molecule has 2 heteroatoms. The zero-order valence-corrected chi connectivity index (χ0v) is 8.41. The van der Waals surface area contributed by atoms with Gasteiger partial charge in [-0.3, -0.25) is 0 Å². The molecule has 1 aromatic rings. The second-order valence-corrected chi connectivity index (χ2v) is 3.05. The van der Waals surface area contributed by atoms with Crippen molar-refractivity contribution >= 4 is 0 Å². The van der Waals surface area contributed by atoms with Crippen LogP contribution in [0.2, 0.25) is 0 Å². The number of benzene rings is 1. The van der Waals surface area contributed by atoms with E-state index in [4.69, 9.17) is 9.47 Å². The van der Waals surface area contributed by atoms with Crippen LogP contribution in [0.4, 0.5) is 0 Å². The zero-order chi connectivity index (χ0) is 9.68. The number of methoxy groups -OCH3 is 2. The Hall–Kier alpha value is -0.860. The van der Waals surface area contributed by atoms with Gasteiger partial charge in [0.05, 0.1) is 12.7 Å². The predicted octanol–water partition coefficient (Wildman–Crippen LogP) is 2.54. The van der Waals surface area contributed by atoms with Gasteiger partial charge in [0, 0.05) is 14.2 Å². The van der Waals surface area contributed by atoms with Gasteiger partial charge in [-0.1, -0.05) is 24.3 Å². The highest BCUT2D eigenvalue weighted by Crippen LogP contribution is 2.16. The summed E-state index contributed by atoms with van der Waals surface area (Å²) in [5.74, 6) is 0. The van der Waals surface area contributed by atoms with Gasteiger partial charge in [0.1, 0.15) is 0 Å². The smallest absolute Gasteiger partial charge is 0.0793 e. The van der Waals surface area contributed by atoms with Crippen molar-refractivity contribution in [1.82, 2.24) is 0 Å². The summed E-state index contributed by atoms with van der Waals surface area (Å²) in [5, 5.41) is 0. The molecular weight excluding hydrogens is 164 g/mol. The van der Waals surface area contributed by atoms with Crippen molar-refractivity contribution in [3.05, 3.63) is 35.4 Å². The molecule has 0 saturated carbocycles. The van der Waals surface area contributed by atoms with Gasteiger partial charge in [0.15, 0.2) is 0 Å². The minimum atomic E-state index is 0.164. The Labute approximate surface area is 79.5 Å². The van der Waals surface area contributed by atoms with E-state index >= 15 is 0 Å². The molecule has 0 aliphatic heterocycles. The fraction of sp³-hybridized carbons (Fsp3) is 0.455. The molecule has 0 amide bonds. The van der Waals surface area contributed by atoms with Gasteiger partial charge in [-0.15, -0.1) is 0 Å². The Kier molecular flexibility index (Phi) is 3.93. The molecule has 0 fully saturated rings. The Morgan fingerprint density at radius 2 is 1.77 bits per heavy atom. The summed E-state index contributed by atoms with van der Waals surface area (Å²) in [6.45, 7) is 2.70. The summed E-state index contributed by atoms with van der Waals surface area (Å²) < 4.78 is 10.2. The monoisotopic (exact) mass is 180 g/mol. The van der Waals surface area contributed by atoms with Crippen LogP contribution in [0.1, 0.15) is 24.2 Å². The highest BCUT2D eigenvalue weighted by Gasteiger charge is 2.02. The quantitative estimate of drug-likeness (QED) is 0.709. The van der Waals surface area contributed by atoms with Crippen LogP contribution in [-0.4, -0.2) is 14.2 Å². The summed E-state index contributed by atoms with van der Waals surface area (Å²) >= 11 is 0. The van der Waals surface area contributed by atoms with Gasteiger partial charge >= 0.3 is 0 Å². The molecule has 1 unspecified atom stereocenters. The molecule has 1 rings (SSSR count). The molecular formula is C11H16O2. The highest BCUT2D eigenvalue weighted by molar-refractivity contribution is 5.23. The van der Waals surface area contributed by atoms with Gasteiger partial charge in [-0.25, -0.2) is 0 Å². The lowest BCUT2D eigenvalue weighted by Gasteiger charge is -2.09. The molecule has 1 aromatic carbocycles. The topological polar surface area (TPSA) is 18.5 Å². The van der Waals surface area contributed by atoms with E-state index in [1.54, 1.807) is 14.2 Å². The molecule has 0 aromatic heterocycles. The number of ether oxygens (including phenoxy) is 2. The lowest BCUT2D eigenvalue weighted by atomic mass is 10.1. The maximum atomic E-state index is 5.20. The molecule has 0 heterocycles. The normalized spacial score (nSPS) is 12.8. The third-order valence-electron chi connectivity index (χ3n) is 2.11. The summed E-state index contributed by atoms with van der Waals surface area (Å²) in [6.07, 6.45) is 0.164. The van der Waals surface area contributed by atoms with Crippen LogP contribution in [0.25, 0.3) is 0 Å². The molecule has 0 bridgehead atoms. The van der Waals surface area contributed by atoms with Gasteiger partial charge in [-0.2, -0.15) is 0 Å². The van der Waals surface area contributed by atoms with Crippen LogP contribution in [0, 0.1) is 0 Å². The molecule has 72 valence electrons. The highest BCUT2D eigenvalue weighted by atomic mass is 16.5. The van der Waals surface area contributed by atoms with E-state index in [9.17, 15) is 0 Å². The molecule has 0 radical (unpaired) electrons. The molecule has 0 N–H and O–H groups in total. The van der Waals surface area contributed by atoms with Crippen LogP contribution in [0.3, 0.4) is 0 Å². The molecule has 1 atom stereocenters. The minimum absolute atomic E-state index is 0.164. The van der Waals surface area contributed by atoms with Crippen molar-refractivity contribution < 1.29 is 9.47 Å². The van der Waals surface area contributed by atoms with Crippen molar-refractivity contribution in [3.8, 4) is 0 Å². The van der Waals surface area contributed by atoms with E-state index in [1.165, 1.54) is 11.1 Å². The second kappa shape index (κ2) is 5.00. The van der Waals surface area contributed by atoms with E-state index in [1.807, 2.05) is 6.92 Å². The first-order chi connectivity index (χ1) is 6.27. The van der Waals surface area contributed by atoms with Crippen molar-refractivity contribution in [2.45, 2.75) is 19.6 Å². The molecule has 2 nitrogen and oxygen atoms in total. The van der Waals surface area contributed by atoms with Gasteiger partial charge in [0.2, 0.25) is 0 Å². The van der Waals surface area contributed by atoms with Crippen LogP contribution in [0.5, 0.6) is 0 Å². The fourth-order valence-corrected chi connectivity index (χ4v) is 1.19. The van der Waals surface area contributed by atoms with E-state index in [0.717, 1.165) is 0 Å². The van der Waals surface area contributed by atoms with Crippen molar-refractivity contribution in [2.75, 3.05) is 14.2 Å². The lowest BCUT2D eigenvalue weighted by molar-refractivity contribution is 0.119. The third kappa shape index (κ3) is 2.83. The number of hydrogen-bond acceptors (Lipinski definition) is 2. The lowest BCUT2D eigenvalue weighted by Crippen LogP contribution is -1.96. The number of hydrogen-bond donors (Lipinski definition) is 0. The second-order valence-electron chi connectivity index (χ2n) is 3.05. The van der Waals surface area contributed by atoms with E-state index < -0.39 is 0 Å². The molecule has 0 saturated heterocycles. The largest absolute Gasteiger partial charge is 0.380 e. The maximum Gasteiger partial charge on any atom is 0.0793 e. The first-order valence-corrected chi connectivity index (χ1v) is 4.38. The molecule has 0 spiro atoms. The average Bonchev–Trinajstić information content (AvgIpc) is 2.18. The standard InChI is InChI=1S/C11H16O2/c1-9(13-3)11-6-4-10(5-7-11)8-12-2/h4-7,9H,8H2,1-3H3. The van der Waals surface area contributed by atoms with Gasteiger partial charge in [-0.05, 0) is 18.1 Å².